The van der Waals surface area contributed by atoms with Gasteiger partial charge in [0.1, 0.15) is 0 Å². The molecule has 0 aromatic heterocycles. The summed E-state index contributed by atoms with van der Waals surface area (Å²) in [5, 5.41) is 0. The molecule has 4 rings (SSSR count). The Bertz CT molecular complexity index is 1010. The Morgan fingerprint density at radius 2 is 1.80 bits per heavy atom. The van der Waals surface area contributed by atoms with Crippen LogP contribution in [0, 0.1) is 0 Å². The van der Waals surface area contributed by atoms with Crippen LogP contribution < -0.4 is 4.90 Å². The SMILES string of the molecule is CN(C)c1ccc(CN(CC2CCCO2)S(=O)(=O)C2=Cc3ccccc3CC2)cc1. The molecule has 0 spiro atoms. The van der Waals surface area contributed by atoms with Crippen molar-refractivity contribution in [3.8, 4) is 0 Å². The highest BCUT2D eigenvalue weighted by Gasteiger charge is 2.32. The molecule has 1 aliphatic heterocycles. The molecule has 1 atom stereocenters. The largest absolute Gasteiger partial charge is 0.378 e. The van der Waals surface area contributed by atoms with Crippen molar-refractivity contribution in [1.29, 1.82) is 0 Å². The van der Waals surface area contributed by atoms with Crippen LogP contribution in [0.4, 0.5) is 5.69 Å². The number of nitrogens with zero attached hydrogens (tertiary/aromatic N) is 2. The fraction of sp³-hybridized carbons (Fsp3) is 0.417. The molecule has 1 saturated heterocycles. The molecule has 1 fully saturated rings. The van der Waals surface area contributed by atoms with E-state index in [1.165, 1.54) is 5.56 Å². The molecule has 0 amide bonds. The number of sulfonamides is 1. The van der Waals surface area contributed by atoms with Gasteiger partial charge in [-0.2, -0.15) is 4.31 Å². The average molecular weight is 427 g/mol. The second kappa shape index (κ2) is 8.92. The smallest absolute Gasteiger partial charge is 0.239 e. The van der Waals surface area contributed by atoms with E-state index in [9.17, 15) is 8.42 Å². The lowest BCUT2D eigenvalue weighted by atomic mass is 9.98. The van der Waals surface area contributed by atoms with Gasteiger partial charge in [0.25, 0.3) is 0 Å². The first-order chi connectivity index (χ1) is 14.4. The normalized spacial score (nSPS) is 18.9. The van der Waals surface area contributed by atoms with Gasteiger partial charge in [-0.1, -0.05) is 36.4 Å². The van der Waals surface area contributed by atoms with Crippen LogP contribution in [0.15, 0.2) is 53.4 Å². The summed E-state index contributed by atoms with van der Waals surface area (Å²) in [7, 11) is 0.418. The maximum Gasteiger partial charge on any atom is 0.239 e. The number of hydrogen-bond donors (Lipinski definition) is 0. The number of hydrogen-bond acceptors (Lipinski definition) is 4. The quantitative estimate of drug-likeness (QED) is 0.670. The topological polar surface area (TPSA) is 49.9 Å². The summed E-state index contributed by atoms with van der Waals surface area (Å²) in [6, 6.07) is 16.1. The van der Waals surface area contributed by atoms with E-state index in [1.54, 1.807) is 4.31 Å². The van der Waals surface area contributed by atoms with Crippen LogP contribution in [-0.2, 0) is 27.7 Å². The van der Waals surface area contributed by atoms with Crippen molar-refractivity contribution in [2.24, 2.45) is 0 Å². The molecule has 0 saturated carbocycles. The van der Waals surface area contributed by atoms with Gasteiger partial charge in [-0.15, -0.1) is 0 Å². The molecule has 0 radical (unpaired) electrons. The van der Waals surface area contributed by atoms with E-state index in [0.717, 1.165) is 36.1 Å². The zero-order valence-electron chi connectivity index (χ0n) is 17.8. The highest BCUT2D eigenvalue weighted by molar-refractivity contribution is 7.93. The molecule has 1 aliphatic carbocycles. The molecule has 6 heteroatoms. The van der Waals surface area contributed by atoms with E-state index in [2.05, 4.69) is 6.07 Å². The van der Waals surface area contributed by atoms with Crippen molar-refractivity contribution in [2.45, 2.75) is 38.3 Å². The average Bonchev–Trinajstić information content (AvgIpc) is 3.26. The molecule has 30 heavy (non-hydrogen) atoms. The van der Waals surface area contributed by atoms with Gasteiger partial charge in [0, 0.05) is 39.5 Å². The Morgan fingerprint density at radius 3 is 2.50 bits per heavy atom. The Balaban J connectivity index is 1.62. The Labute approximate surface area is 180 Å². The predicted molar refractivity (Wildman–Crippen MR) is 122 cm³/mol. The lowest BCUT2D eigenvalue weighted by molar-refractivity contribution is 0.0928. The summed E-state index contributed by atoms with van der Waals surface area (Å²) in [5.41, 5.74) is 4.30. The maximum absolute atomic E-state index is 13.7. The lowest BCUT2D eigenvalue weighted by Crippen LogP contribution is -2.38. The van der Waals surface area contributed by atoms with Crippen molar-refractivity contribution in [3.63, 3.8) is 0 Å². The molecule has 160 valence electrons. The van der Waals surface area contributed by atoms with E-state index >= 15 is 0 Å². The van der Waals surface area contributed by atoms with E-state index in [1.807, 2.05) is 67.5 Å². The highest BCUT2D eigenvalue weighted by atomic mass is 32.2. The third-order valence-corrected chi connectivity index (χ3v) is 7.87. The molecule has 2 aliphatic rings. The van der Waals surface area contributed by atoms with Crippen LogP contribution in [0.25, 0.3) is 6.08 Å². The van der Waals surface area contributed by atoms with Gasteiger partial charge in [-0.3, -0.25) is 0 Å². The zero-order valence-corrected chi connectivity index (χ0v) is 18.6. The van der Waals surface area contributed by atoms with Crippen molar-refractivity contribution < 1.29 is 13.2 Å². The number of ether oxygens (including phenoxy) is 1. The van der Waals surface area contributed by atoms with E-state index in [4.69, 9.17) is 4.74 Å². The van der Waals surface area contributed by atoms with E-state index < -0.39 is 10.0 Å². The fourth-order valence-corrected chi connectivity index (χ4v) is 5.79. The standard InChI is InChI=1S/C24H30N2O3S/c1-25(2)22-12-9-19(10-13-22)17-26(18-23-8-5-15-29-23)30(27,28)24-14-11-20-6-3-4-7-21(20)16-24/h3-4,6-7,9-10,12-13,16,23H,5,8,11,14-15,17-18H2,1-2H3. The molecule has 1 heterocycles. The van der Waals surface area contributed by atoms with Gasteiger partial charge in [0.15, 0.2) is 0 Å². The number of anilines is 1. The maximum atomic E-state index is 13.7. The van der Waals surface area contributed by atoms with Crippen LogP contribution in [0.1, 0.15) is 36.0 Å². The van der Waals surface area contributed by atoms with Crippen LogP contribution in [0.5, 0.6) is 0 Å². The summed E-state index contributed by atoms with van der Waals surface area (Å²) >= 11 is 0. The predicted octanol–water partition coefficient (Wildman–Crippen LogP) is 4.05. The molecule has 1 unspecified atom stereocenters. The van der Waals surface area contributed by atoms with Gasteiger partial charge < -0.3 is 9.64 Å². The molecule has 2 aromatic carbocycles. The summed E-state index contributed by atoms with van der Waals surface area (Å²) < 4.78 is 34.7. The zero-order chi connectivity index (χ0) is 21.1. The summed E-state index contributed by atoms with van der Waals surface area (Å²) in [6.07, 6.45) is 5.02. The van der Waals surface area contributed by atoms with E-state index in [-0.39, 0.29) is 6.10 Å². The Kier molecular flexibility index (Phi) is 6.27. The lowest BCUT2D eigenvalue weighted by Gasteiger charge is -2.28. The van der Waals surface area contributed by atoms with Gasteiger partial charge in [-0.25, -0.2) is 8.42 Å². The highest BCUT2D eigenvalue weighted by Crippen LogP contribution is 2.30. The molecule has 5 nitrogen and oxygen atoms in total. The van der Waals surface area contributed by atoms with Crippen LogP contribution in [-0.4, -0.2) is 46.1 Å². The third-order valence-electron chi connectivity index (χ3n) is 5.93. The minimum absolute atomic E-state index is 0.0303. The monoisotopic (exact) mass is 426 g/mol. The minimum atomic E-state index is -3.57. The first-order valence-electron chi connectivity index (χ1n) is 10.6. The molecule has 0 bridgehead atoms. The summed E-state index contributed by atoms with van der Waals surface area (Å²) in [5.74, 6) is 0. The van der Waals surface area contributed by atoms with Crippen LogP contribution in [0.2, 0.25) is 0 Å². The number of aryl methyl sites for hydroxylation is 1. The van der Waals surface area contributed by atoms with Gasteiger partial charge in [0.2, 0.25) is 10.0 Å². The summed E-state index contributed by atoms with van der Waals surface area (Å²) in [6.45, 7) is 1.47. The van der Waals surface area contributed by atoms with Crippen molar-refractivity contribution >= 4 is 21.8 Å². The third kappa shape index (κ3) is 4.61. The first kappa shape index (κ1) is 21.1. The number of allylic oxidation sites excluding steroid dienone is 1. The van der Waals surface area contributed by atoms with Crippen LogP contribution >= 0.6 is 0 Å². The van der Waals surface area contributed by atoms with E-state index in [0.29, 0.717) is 31.0 Å². The van der Waals surface area contributed by atoms with Crippen molar-refractivity contribution in [2.75, 3.05) is 32.1 Å². The number of benzene rings is 2. The van der Waals surface area contributed by atoms with Crippen molar-refractivity contribution in [1.82, 2.24) is 4.31 Å². The first-order valence-corrected chi connectivity index (χ1v) is 12.0. The fourth-order valence-electron chi connectivity index (χ4n) is 4.14. The number of rotatable bonds is 7. The molecule has 2 aromatic rings. The minimum Gasteiger partial charge on any atom is -0.378 e. The Hall–Kier alpha value is -2.15. The van der Waals surface area contributed by atoms with Gasteiger partial charge in [-0.05, 0) is 60.6 Å². The number of fused-ring (bicyclic) bond motifs is 1. The van der Waals surface area contributed by atoms with Gasteiger partial charge in [0.05, 0.1) is 11.0 Å². The second-order valence-electron chi connectivity index (χ2n) is 8.30. The van der Waals surface area contributed by atoms with Gasteiger partial charge >= 0.3 is 0 Å². The second-order valence-corrected chi connectivity index (χ2v) is 10.3. The molecule has 0 N–H and O–H groups in total. The van der Waals surface area contributed by atoms with Crippen molar-refractivity contribution in [3.05, 3.63) is 70.1 Å². The molecular weight excluding hydrogens is 396 g/mol. The Morgan fingerprint density at radius 1 is 1.03 bits per heavy atom. The van der Waals surface area contributed by atoms with Crippen LogP contribution in [0.3, 0.4) is 0 Å². The summed E-state index contributed by atoms with van der Waals surface area (Å²) in [4.78, 5) is 2.54. The molecular formula is C24H30N2O3S.